The maximum absolute atomic E-state index is 13.7. The smallest absolute Gasteiger partial charge is 0.295 e. The van der Waals surface area contributed by atoms with Gasteiger partial charge in [-0.05, 0) is 62.1 Å². The van der Waals surface area contributed by atoms with E-state index in [9.17, 15) is 14.7 Å². The van der Waals surface area contributed by atoms with E-state index in [0.29, 0.717) is 54.6 Å². The lowest BCUT2D eigenvalue weighted by Crippen LogP contribution is -2.31. The fraction of sp³-hybridized carbons (Fsp3) is 0.257. The molecule has 0 aliphatic carbocycles. The first-order chi connectivity index (χ1) is 21.9. The van der Waals surface area contributed by atoms with Crippen LogP contribution in [0.4, 0.5) is 0 Å². The van der Waals surface area contributed by atoms with Crippen LogP contribution in [0, 0.1) is 13.8 Å². The Morgan fingerprint density at radius 3 is 2.51 bits per heavy atom. The molecule has 0 spiro atoms. The number of likely N-dealkylation sites (tertiary alicyclic amines) is 1. The van der Waals surface area contributed by atoms with Gasteiger partial charge in [0.15, 0.2) is 17.3 Å². The molecule has 10 heteroatoms. The lowest BCUT2D eigenvalue weighted by atomic mass is 9.96. The first kappa shape index (κ1) is 29.7. The summed E-state index contributed by atoms with van der Waals surface area (Å²) in [6.07, 6.45) is 7.69. The molecule has 10 nitrogen and oxygen atoms in total. The Morgan fingerprint density at radius 2 is 1.78 bits per heavy atom. The molecule has 1 fully saturated rings. The van der Waals surface area contributed by atoms with Crippen LogP contribution < -0.4 is 9.47 Å². The summed E-state index contributed by atoms with van der Waals surface area (Å²) in [5, 5.41) is 11.8. The number of benzene rings is 2. The van der Waals surface area contributed by atoms with E-state index in [1.807, 2.05) is 90.7 Å². The summed E-state index contributed by atoms with van der Waals surface area (Å²) in [5.41, 5.74) is 4.13. The number of imidazole rings is 2. The number of Topliss-reactive ketones (excluding diaryl/α,β-unsaturated/α-hetero) is 1. The summed E-state index contributed by atoms with van der Waals surface area (Å²) in [6.45, 7) is 7.26. The zero-order valence-electron chi connectivity index (χ0n) is 25.5. The summed E-state index contributed by atoms with van der Waals surface area (Å²) in [4.78, 5) is 37.6. The molecule has 2 aromatic carbocycles. The van der Waals surface area contributed by atoms with Crippen LogP contribution in [0.2, 0.25) is 0 Å². The highest BCUT2D eigenvalue weighted by atomic mass is 16.5. The normalized spacial score (nSPS) is 16.1. The maximum atomic E-state index is 13.7. The molecule has 0 saturated carbocycles. The number of amides is 1. The minimum absolute atomic E-state index is 0.00723. The molecule has 0 radical (unpaired) electrons. The Hall–Kier alpha value is -5.38. The molecule has 1 N–H and O–H groups in total. The van der Waals surface area contributed by atoms with Crippen molar-refractivity contribution in [2.45, 2.75) is 46.4 Å². The van der Waals surface area contributed by atoms with Crippen molar-refractivity contribution in [3.8, 4) is 11.5 Å². The summed E-state index contributed by atoms with van der Waals surface area (Å²) in [7, 11) is 0. The average Bonchev–Trinajstić information content (AvgIpc) is 3.75. The van der Waals surface area contributed by atoms with Crippen molar-refractivity contribution in [2.75, 3.05) is 13.2 Å². The fourth-order valence-corrected chi connectivity index (χ4v) is 5.79. The van der Waals surface area contributed by atoms with Crippen molar-refractivity contribution < 1.29 is 24.2 Å². The molecule has 1 atom stereocenters. The molecule has 4 heterocycles. The number of aryl methyl sites for hydroxylation is 3. The molecule has 1 saturated heterocycles. The number of hydrogen-bond donors (Lipinski definition) is 1. The van der Waals surface area contributed by atoms with Gasteiger partial charge in [-0.2, -0.15) is 0 Å². The van der Waals surface area contributed by atoms with E-state index >= 15 is 0 Å². The molecule has 5 aromatic rings. The minimum Gasteiger partial charge on any atom is -0.505 e. The highest BCUT2D eigenvalue weighted by Crippen LogP contribution is 2.42. The van der Waals surface area contributed by atoms with Gasteiger partial charge in [0, 0.05) is 31.7 Å². The summed E-state index contributed by atoms with van der Waals surface area (Å²) in [6, 6.07) is 18.2. The van der Waals surface area contributed by atoms with Crippen molar-refractivity contribution in [3.63, 3.8) is 0 Å². The van der Waals surface area contributed by atoms with Gasteiger partial charge < -0.3 is 28.4 Å². The number of pyridine rings is 1. The fourth-order valence-electron chi connectivity index (χ4n) is 5.79. The molecule has 1 aliphatic heterocycles. The highest BCUT2D eigenvalue weighted by Gasteiger charge is 2.46. The number of aliphatic hydroxyl groups excluding tert-OH is 1. The van der Waals surface area contributed by atoms with E-state index in [1.54, 1.807) is 24.7 Å². The second-order valence-electron chi connectivity index (χ2n) is 11.0. The molecule has 45 heavy (non-hydrogen) atoms. The lowest BCUT2D eigenvalue weighted by molar-refractivity contribution is -0.139. The second-order valence-corrected chi connectivity index (χ2v) is 11.0. The van der Waals surface area contributed by atoms with Crippen LogP contribution in [0.5, 0.6) is 11.5 Å². The van der Waals surface area contributed by atoms with E-state index in [4.69, 9.17) is 14.5 Å². The van der Waals surface area contributed by atoms with Crippen LogP contribution >= 0.6 is 0 Å². The molecule has 230 valence electrons. The van der Waals surface area contributed by atoms with Crippen LogP contribution in [0.1, 0.15) is 47.5 Å². The van der Waals surface area contributed by atoms with Crippen molar-refractivity contribution in [1.82, 2.24) is 23.8 Å². The van der Waals surface area contributed by atoms with Crippen LogP contribution in [0.15, 0.2) is 91.2 Å². The van der Waals surface area contributed by atoms with Crippen molar-refractivity contribution in [2.24, 2.45) is 0 Å². The van der Waals surface area contributed by atoms with Gasteiger partial charge in [0.1, 0.15) is 17.9 Å². The standard InChI is InChI=1S/C35H35N5O5/c1-4-44-28-20-26(13-14-27(28)45-21-25-11-6-5-7-12-25)31-29(32(41)30-24(3)39-17-8-10-23(2)34(39)37-30)33(42)35(43)40(31)18-9-16-38-19-15-36-22-38/h5-8,10-15,17,19-20,22,31,41H,4,9,16,18,21H2,1-3H3. The number of aromatic nitrogens is 4. The van der Waals surface area contributed by atoms with Crippen molar-refractivity contribution in [1.29, 1.82) is 0 Å². The number of carbonyl (C=O) groups excluding carboxylic acids is 2. The topological polar surface area (TPSA) is 111 Å². The second kappa shape index (κ2) is 12.7. The van der Waals surface area contributed by atoms with Gasteiger partial charge in [-0.3, -0.25) is 9.59 Å². The number of carbonyl (C=O) groups is 2. The van der Waals surface area contributed by atoms with Crippen LogP contribution in [0.3, 0.4) is 0 Å². The van der Waals surface area contributed by atoms with E-state index in [2.05, 4.69) is 4.98 Å². The average molecular weight is 606 g/mol. The molecule has 1 amide bonds. The first-order valence-corrected chi connectivity index (χ1v) is 15.0. The van der Waals surface area contributed by atoms with Gasteiger partial charge in [0.05, 0.1) is 30.2 Å². The highest BCUT2D eigenvalue weighted by molar-refractivity contribution is 6.46. The monoisotopic (exact) mass is 605 g/mol. The predicted octanol–water partition coefficient (Wildman–Crippen LogP) is 5.64. The van der Waals surface area contributed by atoms with Gasteiger partial charge >= 0.3 is 0 Å². The van der Waals surface area contributed by atoms with E-state index in [0.717, 1.165) is 11.1 Å². The lowest BCUT2D eigenvalue weighted by Gasteiger charge is -2.26. The minimum atomic E-state index is -0.861. The van der Waals surface area contributed by atoms with Crippen molar-refractivity contribution >= 4 is 23.1 Å². The largest absolute Gasteiger partial charge is 0.505 e. The number of hydrogen-bond acceptors (Lipinski definition) is 7. The number of ketones is 1. The Bertz CT molecular complexity index is 1880. The Morgan fingerprint density at radius 1 is 0.956 bits per heavy atom. The molecule has 1 unspecified atom stereocenters. The van der Waals surface area contributed by atoms with Gasteiger partial charge in [-0.1, -0.05) is 42.5 Å². The number of fused-ring (bicyclic) bond motifs is 1. The predicted molar refractivity (Wildman–Crippen MR) is 169 cm³/mol. The Labute approximate surface area is 261 Å². The van der Waals surface area contributed by atoms with Gasteiger partial charge in [0.25, 0.3) is 11.7 Å². The number of nitrogens with zero attached hydrogens (tertiary/aromatic N) is 5. The maximum Gasteiger partial charge on any atom is 0.295 e. The third-order valence-electron chi connectivity index (χ3n) is 8.04. The molecular weight excluding hydrogens is 570 g/mol. The van der Waals surface area contributed by atoms with Crippen LogP contribution in [-0.4, -0.2) is 53.8 Å². The number of rotatable bonds is 11. The SMILES string of the molecule is CCOc1cc(C2C(=C(O)c3nc4c(C)cccn4c3C)C(=O)C(=O)N2CCCn2ccnc2)ccc1OCc1ccccc1. The third kappa shape index (κ3) is 5.78. The molecule has 3 aromatic heterocycles. The summed E-state index contributed by atoms with van der Waals surface area (Å²) >= 11 is 0. The quantitative estimate of drug-likeness (QED) is 0.118. The number of ether oxygens (including phenoxy) is 2. The van der Waals surface area contributed by atoms with Crippen LogP contribution in [-0.2, 0) is 22.7 Å². The van der Waals surface area contributed by atoms with Crippen molar-refractivity contribution in [3.05, 3.63) is 119 Å². The zero-order valence-corrected chi connectivity index (χ0v) is 25.5. The van der Waals surface area contributed by atoms with Crippen LogP contribution in [0.25, 0.3) is 11.4 Å². The summed E-state index contributed by atoms with van der Waals surface area (Å²) in [5.74, 6) is -0.719. The third-order valence-corrected chi connectivity index (χ3v) is 8.04. The molecular formula is C35H35N5O5. The first-order valence-electron chi connectivity index (χ1n) is 15.0. The number of aliphatic hydroxyl groups is 1. The Balaban J connectivity index is 1.42. The van der Waals surface area contributed by atoms with E-state index in [-0.39, 0.29) is 23.6 Å². The van der Waals surface area contributed by atoms with E-state index in [1.165, 1.54) is 4.90 Å². The molecule has 1 aliphatic rings. The van der Waals surface area contributed by atoms with Gasteiger partial charge in [0.2, 0.25) is 0 Å². The summed E-state index contributed by atoms with van der Waals surface area (Å²) < 4.78 is 15.9. The Kier molecular flexibility index (Phi) is 8.37. The molecule has 0 bridgehead atoms. The zero-order chi connectivity index (χ0) is 31.5. The van der Waals surface area contributed by atoms with Gasteiger partial charge in [-0.15, -0.1) is 0 Å². The molecule has 6 rings (SSSR count). The van der Waals surface area contributed by atoms with E-state index < -0.39 is 17.7 Å². The van der Waals surface area contributed by atoms with Gasteiger partial charge in [-0.25, -0.2) is 9.97 Å².